The molecule has 1 unspecified atom stereocenters. The molecule has 0 aromatic heterocycles. The van der Waals surface area contributed by atoms with E-state index in [0.717, 1.165) is 0 Å². The van der Waals surface area contributed by atoms with Crippen LogP contribution >= 0.6 is 11.6 Å². The van der Waals surface area contributed by atoms with E-state index >= 15 is 0 Å². The van der Waals surface area contributed by atoms with E-state index in [0.29, 0.717) is 21.7 Å². The monoisotopic (exact) mass is 321 g/mol. The summed E-state index contributed by atoms with van der Waals surface area (Å²) in [6.45, 7) is 0. The van der Waals surface area contributed by atoms with Gasteiger partial charge in [-0.3, -0.25) is 4.79 Å². The van der Waals surface area contributed by atoms with Crippen molar-refractivity contribution in [2.45, 2.75) is 18.9 Å². The molecule has 0 heterocycles. The Balaban J connectivity index is 2.26. The first-order chi connectivity index (χ1) is 10.5. The highest BCUT2D eigenvalue weighted by molar-refractivity contribution is 6.30. The van der Waals surface area contributed by atoms with E-state index in [9.17, 15) is 14.1 Å². The number of nitrogens with zero attached hydrogens (tertiary/aromatic N) is 1. The van der Waals surface area contributed by atoms with Gasteiger partial charge in [0.15, 0.2) is 0 Å². The van der Waals surface area contributed by atoms with Gasteiger partial charge in [0.05, 0.1) is 0 Å². The third-order valence-corrected chi connectivity index (χ3v) is 3.54. The van der Waals surface area contributed by atoms with Crippen LogP contribution in [0.1, 0.15) is 24.4 Å². The first kappa shape index (κ1) is 16.1. The third kappa shape index (κ3) is 3.89. The van der Waals surface area contributed by atoms with Crippen molar-refractivity contribution in [3.63, 3.8) is 0 Å². The number of halogens is 2. The van der Waals surface area contributed by atoms with Gasteiger partial charge in [0.1, 0.15) is 11.9 Å². The van der Waals surface area contributed by atoms with E-state index in [1.54, 1.807) is 36.4 Å². The van der Waals surface area contributed by atoms with E-state index in [-0.39, 0.29) is 12.8 Å². The second kappa shape index (κ2) is 7.13. The molecule has 1 atom stereocenters. The van der Waals surface area contributed by atoms with Crippen LogP contribution in [0.3, 0.4) is 0 Å². The molecule has 0 aliphatic carbocycles. The van der Waals surface area contributed by atoms with Gasteiger partial charge in [-0.2, -0.15) is 4.91 Å². The predicted molar refractivity (Wildman–Crippen MR) is 82.3 cm³/mol. The maximum atomic E-state index is 14.2. The first-order valence-electron chi connectivity index (χ1n) is 6.61. The summed E-state index contributed by atoms with van der Waals surface area (Å²) in [5.41, 5.74) is 1.41. The van der Waals surface area contributed by atoms with Gasteiger partial charge in [-0.1, -0.05) is 41.0 Å². The molecule has 0 bridgehead atoms. The lowest BCUT2D eigenvalue weighted by molar-refractivity contribution is -0.137. The van der Waals surface area contributed by atoms with Gasteiger partial charge in [-0.15, -0.1) is 0 Å². The van der Waals surface area contributed by atoms with Gasteiger partial charge in [0, 0.05) is 17.0 Å². The molecule has 0 saturated heterocycles. The number of carboxylic acid groups (broad SMARTS) is 1. The molecule has 0 aliphatic rings. The molecule has 4 nitrogen and oxygen atoms in total. The third-order valence-electron chi connectivity index (χ3n) is 3.29. The quantitative estimate of drug-likeness (QED) is 0.776. The average Bonchev–Trinajstić information content (AvgIpc) is 2.49. The maximum absolute atomic E-state index is 14.2. The van der Waals surface area contributed by atoms with Gasteiger partial charge in [0.2, 0.25) is 0 Å². The Morgan fingerprint density at radius 1 is 1.23 bits per heavy atom. The Kier molecular flexibility index (Phi) is 5.22. The normalized spacial score (nSPS) is 11.9. The highest BCUT2D eigenvalue weighted by atomic mass is 35.5. The number of carbonyl (C=O) groups is 1. The van der Waals surface area contributed by atoms with Gasteiger partial charge in [-0.05, 0) is 35.7 Å². The van der Waals surface area contributed by atoms with Crippen molar-refractivity contribution < 1.29 is 14.3 Å². The Morgan fingerprint density at radius 3 is 2.45 bits per heavy atom. The number of nitroso groups, excluding NO2 is 1. The lowest BCUT2D eigenvalue weighted by atomic mass is 9.98. The Labute approximate surface area is 131 Å². The Bertz CT molecular complexity index is 688. The number of carboxylic acids is 1. The summed E-state index contributed by atoms with van der Waals surface area (Å²) in [6, 6.07) is 10.2. The molecule has 6 heteroatoms. The molecule has 114 valence electrons. The van der Waals surface area contributed by atoms with Gasteiger partial charge in [-0.25, -0.2) is 4.39 Å². The fourth-order valence-electron chi connectivity index (χ4n) is 2.14. The van der Waals surface area contributed by atoms with E-state index in [1.165, 1.54) is 6.07 Å². The van der Waals surface area contributed by atoms with Crippen molar-refractivity contribution in [3.8, 4) is 11.1 Å². The molecule has 0 spiro atoms. The van der Waals surface area contributed by atoms with Crippen molar-refractivity contribution >= 4 is 17.6 Å². The lowest BCUT2D eigenvalue weighted by Crippen LogP contribution is -2.01. The molecule has 0 saturated carbocycles. The van der Waals surface area contributed by atoms with Crippen LogP contribution < -0.4 is 0 Å². The maximum Gasteiger partial charge on any atom is 0.303 e. The van der Waals surface area contributed by atoms with E-state index in [1.807, 2.05) is 0 Å². The molecule has 0 amide bonds. The van der Waals surface area contributed by atoms with Crippen LogP contribution in [0, 0.1) is 10.7 Å². The van der Waals surface area contributed by atoms with Crippen LogP contribution in [0.15, 0.2) is 47.6 Å². The fourth-order valence-corrected chi connectivity index (χ4v) is 2.27. The summed E-state index contributed by atoms with van der Waals surface area (Å²) in [7, 11) is 0. The molecule has 1 N–H and O–H groups in total. The van der Waals surface area contributed by atoms with Gasteiger partial charge in [0.25, 0.3) is 0 Å². The standard InChI is InChI=1S/C16H13ClFNO3/c17-12-4-1-10(2-5-12)13-6-3-11(9-14(13)18)15(19-22)7-8-16(20)21/h1-6,9,15H,7-8H2,(H,20,21). The smallest absolute Gasteiger partial charge is 0.303 e. The number of aliphatic carboxylic acids is 1. The Morgan fingerprint density at radius 2 is 1.91 bits per heavy atom. The zero-order valence-electron chi connectivity index (χ0n) is 11.5. The summed E-state index contributed by atoms with van der Waals surface area (Å²) >= 11 is 5.80. The van der Waals surface area contributed by atoms with Crippen LogP contribution in [0.5, 0.6) is 0 Å². The summed E-state index contributed by atoms with van der Waals surface area (Å²) in [4.78, 5) is 21.4. The molecule has 0 aliphatic heterocycles. The molecule has 22 heavy (non-hydrogen) atoms. The highest BCUT2D eigenvalue weighted by Crippen LogP contribution is 2.29. The molecule has 0 fully saturated rings. The minimum Gasteiger partial charge on any atom is -0.481 e. The molecule has 2 rings (SSSR count). The van der Waals surface area contributed by atoms with E-state index < -0.39 is 17.8 Å². The second-order valence-electron chi connectivity index (χ2n) is 4.80. The van der Waals surface area contributed by atoms with Crippen molar-refractivity contribution in [2.24, 2.45) is 5.18 Å². The predicted octanol–water partition coefficient (Wildman–Crippen LogP) is 4.82. The van der Waals surface area contributed by atoms with Gasteiger partial charge >= 0.3 is 5.97 Å². The topological polar surface area (TPSA) is 66.7 Å². The lowest BCUT2D eigenvalue weighted by Gasteiger charge is -2.10. The zero-order chi connectivity index (χ0) is 16.1. The molecular weight excluding hydrogens is 309 g/mol. The molecule has 2 aromatic carbocycles. The molecule has 0 radical (unpaired) electrons. The fraction of sp³-hybridized carbons (Fsp3) is 0.188. The largest absolute Gasteiger partial charge is 0.481 e. The second-order valence-corrected chi connectivity index (χ2v) is 5.24. The van der Waals surface area contributed by atoms with Crippen LogP contribution in [0.25, 0.3) is 11.1 Å². The van der Waals surface area contributed by atoms with Crippen LogP contribution in [-0.2, 0) is 4.79 Å². The zero-order valence-corrected chi connectivity index (χ0v) is 12.3. The average molecular weight is 322 g/mol. The number of benzene rings is 2. The number of hydrogen-bond donors (Lipinski definition) is 1. The van der Waals surface area contributed by atoms with Crippen LogP contribution in [0.4, 0.5) is 4.39 Å². The van der Waals surface area contributed by atoms with E-state index in [2.05, 4.69) is 5.18 Å². The molecular formula is C16H13ClFNO3. The SMILES string of the molecule is O=NC(CCC(=O)O)c1ccc(-c2ccc(Cl)cc2)c(F)c1. The van der Waals surface area contributed by atoms with Crippen molar-refractivity contribution in [1.29, 1.82) is 0 Å². The summed E-state index contributed by atoms with van der Waals surface area (Å²) in [5, 5.41) is 12.1. The summed E-state index contributed by atoms with van der Waals surface area (Å²) in [5.74, 6) is -1.52. The number of hydrogen-bond acceptors (Lipinski definition) is 3. The highest BCUT2D eigenvalue weighted by Gasteiger charge is 2.16. The van der Waals surface area contributed by atoms with Crippen molar-refractivity contribution in [3.05, 3.63) is 63.8 Å². The minimum atomic E-state index is -1.02. The summed E-state index contributed by atoms with van der Waals surface area (Å²) < 4.78 is 14.2. The van der Waals surface area contributed by atoms with Crippen LogP contribution in [0.2, 0.25) is 5.02 Å². The Hall–Kier alpha value is -2.27. The number of rotatable bonds is 6. The first-order valence-corrected chi connectivity index (χ1v) is 6.98. The van der Waals surface area contributed by atoms with Gasteiger partial charge < -0.3 is 5.11 Å². The van der Waals surface area contributed by atoms with Crippen molar-refractivity contribution in [2.75, 3.05) is 0 Å². The van der Waals surface area contributed by atoms with E-state index in [4.69, 9.17) is 16.7 Å². The minimum absolute atomic E-state index is 0.0402. The molecule has 2 aromatic rings. The van der Waals surface area contributed by atoms with Crippen LogP contribution in [-0.4, -0.2) is 11.1 Å². The van der Waals surface area contributed by atoms with Crippen molar-refractivity contribution in [1.82, 2.24) is 0 Å². The summed E-state index contributed by atoms with van der Waals surface area (Å²) in [6.07, 6.45) is -0.157.